The zero-order valence-electron chi connectivity index (χ0n) is 9.84. The maximum absolute atomic E-state index is 9.81. The smallest absolute Gasteiger partial charge is 0.119 e. The van der Waals surface area contributed by atoms with E-state index in [2.05, 4.69) is 0 Å². The van der Waals surface area contributed by atoms with E-state index in [4.69, 9.17) is 10.00 Å². The van der Waals surface area contributed by atoms with Gasteiger partial charge in [0.15, 0.2) is 0 Å². The fraction of sp³-hybridized carbons (Fsp3) is 0.462. The highest BCUT2D eigenvalue weighted by Gasteiger charge is 2.18. The van der Waals surface area contributed by atoms with E-state index < -0.39 is 12.2 Å². The Labute approximate surface area is 101 Å². The first-order valence-corrected chi connectivity index (χ1v) is 5.65. The van der Waals surface area contributed by atoms with Crippen molar-refractivity contribution < 1.29 is 14.9 Å². The van der Waals surface area contributed by atoms with Crippen molar-refractivity contribution in [3.8, 4) is 11.8 Å². The molecule has 0 amide bonds. The molecule has 0 bridgehead atoms. The van der Waals surface area contributed by atoms with E-state index in [1.54, 1.807) is 24.3 Å². The fourth-order valence-corrected chi connectivity index (χ4v) is 1.44. The third-order valence-electron chi connectivity index (χ3n) is 2.34. The summed E-state index contributed by atoms with van der Waals surface area (Å²) in [5, 5.41) is 27.8. The molecule has 2 N–H and O–H groups in total. The van der Waals surface area contributed by atoms with E-state index in [1.807, 2.05) is 13.0 Å². The van der Waals surface area contributed by atoms with Crippen LogP contribution in [0.3, 0.4) is 0 Å². The summed E-state index contributed by atoms with van der Waals surface area (Å²) in [5.41, 5.74) is 0.557. The second-order valence-corrected chi connectivity index (χ2v) is 3.80. The molecule has 0 saturated heterocycles. The highest BCUT2D eigenvalue weighted by molar-refractivity contribution is 5.30. The van der Waals surface area contributed by atoms with Crippen LogP contribution < -0.4 is 4.74 Å². The van der Waals surface area contributed by atoms with Gasteiger partial charge < -0.3 is 14.9 Å². The molecule has 0 saturated carbocycles. The summed E-state index contributed by atoms with van der Waals surface area (Å²) in [5.74, 6) is 0.660. The Hall–Kier alpha value is -1.57. The number of hydrogen-bond acceptors (Lipinski definition) is 4. The highest BCUT2D eigenvalue weighted by Crippen LogP contribution is 2.23. The summed E-state index contributed by atoms with van der Waals surface area (Å²) in [7, 11) is 0. The average Bonchev–Trinajstić information content (AvgIpc) is 2.36. The lowest BCUT2D eigenvalue weighted by molar-refractivity contribution is 0.0215. The van der Waals surface area contributed by atoms with Crippen molar-refractivity contribution >= 4 is 0 Å². The van der Waals surface area contributed by atoms with Gasteiger partial charge in [0.2, 0.25) is 0 Å². The number of ether oxygens (including phenoxy) is 1. The number of nitrogens with zero attached hydrogens (tertiary/aromatic N) is 1. The first-order chi connectivity index (χ1) is 8.19. The molecule has 0 aromatic heterocycles. The lowest BCUT2D eigenvalue weighted by Gasteiger charge is -2.16. The minimum absolute atomic E-state index is 0.0960. The molecule has 17 heavy (non-hydrogen) atoms. The molecule has 0 aliphatic heterocycles. The third-order valence-corrected chi connectivity index (χ3v) is 2.34. The van der Waals surface area contributed by atoms with E-state index in [0.717, 1.165) is 6.42 Å². The molecule has 0 radical (unpaired) electrons. The quantitative estimate of drug-likeness (QED) is 0.788. The first-order valence-electron chi connectivity index (χ1n) is 5.65. The van der Waals surface area contributed by atoms with Gasteiger partial charge in [-0.15, -0.1) is 0 Å². The van der Waals surface area contributed by atoms with Gasteiger partial charge in [0.25, 0.3) is 0 Å². The largest absolute Gasteiger partial charge is 0.494 e. The lowest BCUT2D eigenvalue weighted by Crippen LogP contribution is -2.17. The molecule has 2 atom stereocenters. The monoisotopic (exact) mass is 235 g/mol. The van der Waals surface area contributed by atoms with Gasteiger partial charge in [-0.2, -0.15) is 5.26 Å². The van der Waals surface area contributed by atoms with Crippen molar-refractivity contribution in [3.05, 3.63) is 29.8 Å². The van der Waals surface area contributed by atoms with Crippen molar-refractivity contribution in [1.82, 2.24) is 0 Å². The van der Waals surface area contributed by atoms with E-state index >= 15 is 0 Å². The molecule has 1 aromatic rings. The minimum atomic E-state index is -1.07. The van der Waals surface area contributed by atoms with Gasteiger partial charge >= 0.3 is 0 Å². The number of nitriles is 1. The summed E-state index contributed by atoms with van der Waals surface area (Å²) in [6, 6.07) is 8.75. The third kappa shape index (κ3) is 4.06. The Morgan fingerprint density at radius 1 is 1.41 bits per heavy atom. The zero-order valence-corrected chi connectivity index (χ0v) is 9.84. The van der Waals surface area contributed by atoms with Crippen LogP contribution in [0.2, 0.25) is 0 Å². The summed E-state index contributed by atoms with van der Waals surface area (Å²) >= 11 is 0. The number of hydrogen-bond donors (Lipinski definition) is 2. The van der Waals surface area contributed by atoms with Crippen LogP contribution in [0, 0.1) is 11.3 Å². The lowest BCUT2D eigenvalue weighted by atomic mass is 10.0. The molecule has 1 aromatic carbocycles. The van der Waals surface area contributed by atoms with Crippen molar-refractivity contribution in [2.24, 2.45) is 0 Å². The van der Waals surface area contributed by atoms with E-state index in [1.165, 1.54) is 0 Å². The molecular weight excluding hydrogens is 218 g/mol. The highest BCUT2D eigenvalue weighted by atomic mass is 16.5. The Bertz CT molecular complexity index is 386. The zero-order chi connectivity index (χ0) is 12.7. The SMILES string of the molecule is CCCOc1cccc(C(O)C(O)CC#N)c1. The molecule has 1 rings (SSSR count). The number of benzene rings is 1. The average molecular weight is 235 g/mol. The number of rotatable bonds is 6. The van der Waals surface area contributed by atoms with Crippen LogP contribution >= 0.6 is 0 Å². The van der Waals surface area contributed by atoms with Gasteiger partial charge in [0.1, 0.15) is 11.9 Å². The molecular formula is C13H17NO3. The molecule has 0 fully saturated rings. The van der Waals surface area contributed by atoms with Crippen LogP contribution in [0.15, 0.2) is 24.3 Å². The minimum Gasteiger partial charge on any atom is -0.494 e. The van der Waals surface area contributed by atoms with Crippen LogP contribution in [-0.2, 0) is 0 Å². The van der Waals surface area contributed by atoms with E-state index in [-0.39, 0.29) is 6.42 Å². The number of aliphatic hydroxyl groups is 2. The van der Waals surface area contributed by atoms with Crippen LogP contribution in [-0.4, -0.2) is 22.9 Å². The normalized spacial score (nSPS) is 13.8. The maximum atomic E-state index is 9.81. The van der Waals surface area contributed by atoms with Crippen molar-refractivity contribution in [2.45, 2.75) is 32.0 Å². The topological polar surface area (TPSA) is 73.5 Å². The van der Waals surface area contributed by atoms with E-state index in [0.29, 0.717) is 17.9 Å². The van der Waals surface area contributed by atoms with Crippen LogP contribution in [0.4, 0.5) is 0 Å². The van der Waals surface area contributed by atoms with Crippen LogP contribution in [0.5, 0.6) is 5.75 Å². The van der Waals surface area contributed by atoms with Gasteiger partial charge in [0, 0.05) is 0 Å². The Balaban J connectivity index is 2.73. The predicted octanol–water partition coefficient (Wildman–Crippen LogP) is 1.78. The summed E-state index contributed by atoms with van der Waals surface area (Å²) in [4.78, 5) is 0. The van der Waals surface area contributed by atoms with Crippen LogP contribution in [0.25, 0.3) is 0 Å². The van der Waals surface area contributed by atoms with E-state index in [9.17, 15) is 10.2 Å². The van der Waals surface area contributed by atoms with Gasteiger partial charge in [-0.25, -0.2) is 0 Å². The summed E-state index contributed by atoms with van der Waals surface area (Å²) in [6.45, 7) is 2.62. The van der Waals surface area contributed by atoms with Gasteiger partial charge in [-0.3, -0.25) is 0 Å². The second kappa shape index (κ2) is 6.89. The van der Waals surface area contributed by atoms with Crippen molar-refractivity contribution in [2.75, 3.05) is 6.61 Å². The van der Waals surface area contributed by atoms with Crippen molar-refractivity contribution in [3.63, 3.8) is 0 Å². The summed E-state index contributed by atoms with van der Waals surface area (Å²) < 4.78 is 5.43. The second-order valence-electron chi connectivity index (χ2n) is 3.80. The van der Waals surface area contributed by atoms with Gasteiger partial charge in [0.05, 0.1) is 25.2 Å². The molecule has 0 aliphatic carbocycles. The summed E-state index contributed by atoms with van der Waals surface area (Å²) in [6.07, 6.45) is -1.31. The standard InChI is InChI=1S/C13H17NO3/c1-2-8-17-11-5-3-4-10(9-11)13(16)12(15)6-7-14/h3-5,9,12-13,15-16H,2,6,8H2,1H3. The van der Waals surface area contributed by atoms with Gasteiger partial charge in [-0.1, -0.05) is 19.1 Å². The molecule has 0 heterocycles. The molecule has 0 aliphatic rings. The number of aliphatic hydroxyl groups excluding tert-OH is 2. The Kier molecular flexibility index (Phi) is 5.47. The molecule has 92 valence electrons. The molecule has 4 nitrogen and oxygen atoms in total. The predicted molar refractivity (Wildman–Crippen MR) is 63.4 cm³/mol. The molecule has 2 unspecified atom stereocenters. The molecule has 4 heteroatoms. The molecule has 0 spiro atoms. The van der Waals surface area contributed by atoms with Crippen LogP contribution in [0.1, 0.15) is 31.4 Å². The van der Waals surface area contributed by atoms with Gasteiger partial charge in [-0.05, 0) is 24.1 Å². The first kappa shape index (κ1) is 13.5. The maximum Gasteiger partial charge on any atom is 0.119 e. The fourth-order valence-electron chi connectivity index (χ4n) is 1.44. The Morgan fingerprint density at radius 2 is 2.18 bits per heavy atom. The Morgan fingerprint density at radius 3 is 2.82 bits per heavy atom. The van der Waals surface area contributed by atoms with Crippen molar-refractivity contribution in [1.29, 1.82) is 5.26 Å².